The van der Waals surface area contributed by atoms with Gasteiger partial charge in [-0.15, -0.1) is 0 Å². The molecule has 0 aliphatic rings. The van der Waals surface area contributed by atoms with Crippen LogP contribution in [0, 0.1) is 0 Å². The monoisotopic (exact) mass is 206 g/mol. The quantitative estimate of drug-likeness (QED) is 0.772. The molecule has 2 aromatic heterocycles. The minimum Gasteiger partial charge on any atom is -0.482 e. The van der Waals surface area contributed by atoms with Crippen molar-refractivity contribution in [1.29, 1.82) is 0 Å². The lowest BCUT2D eigenvalue weighted by Crippen LogP contribution is -2.00. The summed E-state index contributed by atoms with van der Waals surface area (Å²) in [5, 5.41) is 4.18. The minimum atomic E-state index is 0.353. The summed E-state index contributed by atoms with van der Waals surface area (Å²) in [6, 6.07) is 4.08. The number of nitrogens with zero attached hydrogens (tertiary/aromatic N) is 2. The van der Waals surface area contributed by atoms with Crippen molar-refractivity contribution in [3.63, 3.8) is 0 Å². The molecule has 0 N–H and O–H groups in total. The predicted octanol–water partition coefficient (Wildman–Crippen LogP) is 2.64. The normalized spacial score (nSPS) is 10.9. The van der Waals surface area contributed by atoms with Gasteiger partial charge in [-0.3, -0.25) is 4.68 Å². The molecule has 0 fully saturated rings. The van der Waals surface area contributed by atoms with Gasteiger partial charge >= 0.3 is 0 Å². The van der Waals surface area contributed by atoms with Crippen molar-refractivity contribution in [2.24, 2.45) is 0 Å². The maximum Gasteiger partial charge on any atom is 0.157 e. The number of aromatic nitrogens is 2. The molecule has 80 valence electrons. The highest BCUT2D eigenvalue weighted by Gasteiger charge is 2.03. The molecule has 2 aromatic rings. The molecular weight excluding hydrogens is 192 g/mol. The van der Waals surface area contributed by atoms with Crippen molar-refractivity contribution < 1.29 is 9.15 Å². The Morgan fingerprint density at radius 2 is 2.40 bits per heavy atom. The van der Waals surface area contributed by atoms with Crippen LogP contribution in [0.2, 0.25) is 0 Å². The molecule has 2 rings (SSSR count). The molecule has 0 unspecified atom stereocenters. The van der Waals surface area contributed by atoms with Gasteiger partial charge in [-0.2, -0.15) is 5.10 Å². The third kappa shape index (κ3) is 2.40. The van der Waals surface area contributed by atoms with Crippen LogP contribution in [0.1, 0.15) is 25.6 Å². The molecule has 15 heavy (non-hydrogen) atoms. The Morgan fingerprint density at radius 1 is 1.53 bits per heavy atom. The van der Waals surface area contributed by atoms with E-state index in [1.54, 1.807) is 12.5 Å². The van der Waals surface area contributed by atoms with Gasteiger partial charge in [-0.25, -0.2) is 0 Å². The number of ether oxygens (including phenoxy) is 1. The molecule has 0 bridgehead atoms. The fourth-order valence-electron chi connectivity index (χ4n) is 1.23. The van der Waals surface area contributed by atoms with Crippen molar-refractivity contribution in [2.75, 3.05) is 0 Å². The van der Waals surface area contributed by atoms with Crippen LogP contribution in [-0.2, 0) is 6.61 Å². The fourth-order valence-corrected chi connectivity index (χ4v) is 1.23. The molecule has 0 radical (unpaired) electrons. The molecule has 0 saturated carbocycles. The van der Waals surface area contributed by atoms with Gasteiger partial charge in [0.2, 0.25) is 0 Å². The van der Waals surface area contributed by atoms with E-state index in [0.29, 0.717) is 12.6 Å². The average Bonchev–Trinajstić information content (AvgIpc) is 2.86. The van der Waals surface area contributed by atoms with Crippen molar-refractivity contribution in [2.45, 2.75) is 26.5 Å². The van der Waals surface area contributed by atoms with Crippen LogP contribution in [0.4, 0.5) is 0 Å². The van der Waals surface area contributed by atoms with Gasteiger partial charge in [0, 0.05) is 6.04 Å². The van der Waals surface area contributed by atoms with E-state index in [-0.39, 0.29) is 0 Å². The van der Waals surface area contributed by atoms with Gasteiger partial charge in [0.05, 0.1) is 18.7 Å². The first-order chi connectivity index (χ1) is 7.25. The van der Waals surface area contributed by atoms with Crippen molar-refractivity contribution in [3.8, 4) is 5.75 Å². The van der Waals surface area contributed by atoms with Crippen molar-refractivity contribution >= 4 is 0 Å². The predicted molar refractivity (Wildman–Crippen MR) is 55.7 cm³/mol. The van der Waals surface area contributed by atoms with E-state index < -0.39 is 0 Å². The summed E-state index contributed by atoms with van der Waals surface area (Å²) in [6.07, 6.45) is 5.23. The molecule has 0 amide bonds. The van der Waals surface area contributed by atoms with E-state index in [1.165, 1.54) is 0 Å². The molecular formula is C11H14N2O2. The maximum absolute atomic E-state index is 5.50. The standard InChI is InChI=1S/C11H14N2O2/c1-9(2)13-7-11(6-12-13)15-8-10-4-3-5-14-10/h3-7,9H,8H2,1-2H3. The molecule has 0 aliphatic heterocycles. The Bertz CT molecular complexity index is 404. The Kier molecular flexibility index (Phi) is 2.76. The molecule has 2 heterocycles. The largest absolute Gasteiger partial charge is 0.482 e. The van der Waals surface area contributed by atoms with Crippen LogP contribution in [0.25, 0.3) is 0 Å². The van der Waals surface area contributed by atoms with Gasteiger partial charge in [-0.1, -0.05) is 0 Å². The highest BCUT2D eigenvalue weighted by molar-refractivity contribution is 5.12. The van der Waals surface area contributed by atoms with Crippen LogP contribution in [0.15, 0.2) is 35.2 Å². The highest BCUT2D eigenvalue weighted by Crippen LogP contribution is 2.14. The van der Waals surface area contributed by atoms with Crippen LogP contribution in [-0.4, -0.2) is 9.78 Å². The maximum atomic E-state index is 5.50. The molecule has 0 aliphatic carbocycles. The van der Waals surface area contributed by atoms with Crippen LogP contribution >= 0.6 is 0 Å². The summed E-state index contributed by atoms with van der Waals surface area (Å²) >= 11 is 0. The van der Waals surface area contributed by atoms with Crippen LogP contribution in [0.5, 0.6) is 5.75 Å². The fraction of sp³-hybridized carbons (Fsp3) is 0.364. The summed E-state index contributed by atoms with van der Waals surface area (Å²) in [5.41, 5.74) is 0. The van der Waals surface area contributed by atoms with E-state index in [9.17, 15) is 0 Å². The molecule has 0 atom stereocenters. The number of furan rings is 1. The number of hydrogen-bond donors (Lipinski definition) is 0. The minimum absolute atomic E-state index is 0.353. The first-order valence-corrected chi connectivity index (χ1v) is 4.95. The summed E-state index contributed by atoms with van der Waals surface area (Å²) in [6.45, 7) is 4.59. The average molecular weight is 206 g/mol. The zero-order valence-corrected chi connectivity index (χ0v) is 8.88. The summed E-state index contributed by atoms with van der Waals surface area (Å²) in [4.78, 5) is 0. The summed E-state index contributed by atoms with van der Waals surface area (Å²) < 4.78 is 12.5. The number of rotatable bonds is 4. The summed E-state index contributed by atoms with van der Waals surface area (Å²) in [7, 11) is 0. The second-order valence-corrected chi connectivity index (χ2v) is 3.62. The SMILES string of the molecule is CC(C)n1cc(OCc2ccco2)cn1. The third-order valence-electron chi connectivity index (χ3n) is 2.07. The molecule has 4 heteroatoms. The van der Waals surface area contributed by atoms with Gasteiger partial charge in [0.15, 0.2) is 5.75 Å². The highest BCUT2D eigenvalue weighted by atomic mass is 16.5. The Balaban J connectivity index is 1.94. The molecule has 4 nitrogen and oxygen atoms in total. The molecule has 0 saturated heterocycles. The van der Waals surface area contributed by atoms with E-state index >= 15 is 0 Å². The second kappa shape index (κ2) is 4.21. The smallest absolute Gasteiger partial charge is 0.157 e. The van der Waals surface area contributed by atoms with Gasteiger partial charge < -0.3 is 9.15 Å². The van der Waals surface area contributed by atoms with E-state index in [4.69, 9.17) is 9.15 Å². The van der Waals surface area contributed by atoms with Crippen molar-refractivity contribution in [1.82, 2.24) is 9.78 Å². The van der Waals surface area contributed by atoms with E-state index in [1.807, 2.05) is 23.0 Å². The van der Waals surface area contributed by atoms with Crippen LogP contribution in [0.3, 0.4) is 0 Å². The van der Waals surface area contributed by atoms with Gasteiger partial charge in [0.25, 0.3) is 0 Å². The Morgan fingerprint density at radius 3 is 3.00 bits per heavy atom. The van der Waals surface area contributed by atoms with Gasteiger partial charge in [-0.05, 0) is 26.0 Å². The van der Waals surface area contributed by atoms with Gasteiger partial charge in [0.1, 0.15) is 12.4 Å². The first-order valence-electron chi connectivity index (χ1n) is 4.95. The van der Waals surface area contributed by atoms with E-state index in [2.05, 4.69) is 18.9 Å². The second-order valence-electron chi connectivity index (χ2n) is 3.62. The first kappa shape index (κ1) is 9.83. The topological polar surface area (TPSA) is 40.2 Å². The Hall–Kier alpha value is -1.71. The third-order valence-corrected chi connectivity index (χ3v) is 2.07. The zero-order chi connectivity index (χ0) is 10.7. The van der Waals surface area contributed by atoms with E-state index in [0.717, 1.165) is 11.5 Å². The van der Waals surface area contributed by atoms with Crippen molar-refractivity contribution in [3.05, 3.63) is 36.5 Å². The molecule has 0 aromatic carbocycles. The Labute approximate surface area is 88.5 Å². The van der Waals surface area contributed by atoms with Crippen LogP contribution < -0.4 is 4.74 Å². The zero-order valence-electron chi connectivity index (χ0n) is 8.88. The number of hydrogen-bond acceptors (Lipinski definition) is 3. The molecule has 0 spiro atoms. The lowest BCUT2D eigenvalue weighted by atomic mass is 10.4. The summed E-state index contributed by atoms with van der Waals surface area (Å²) in [5.74, 6) is 1.58. The lowest BCUT2D eigenvalue weighted by Gasteiger charge is -2.03. The lowest BCUT2D eigenvalue weighted by molar-refractivity contribution is 0.270.